The molecule has 3 rings (SSSR count). The first-order chi connectivity index (χ1) is 13.0. The Balaban J connectivity index is 1.70. The number of hydrogen-bond acceptors (Lipinski definition) is 4. The summed E-state index contributed by atoms with van der Waals surface area (Å²) in [7, 11) is 3.06. The second kappa shape index (κ2) is 8.12. The van der Waals surface area contributed by atoms with Crippen molar-refractivity contribution in [3.05, 3.63) is 59.2 Å². The van der Waals surface area contributed by atoms with Crippen molar-refractivity contribution >= 4 is 11.8 Å². The van der Waals surface area contributed by atoms with Crippen molar-refractivity contribution in [1.82, 2.24) is 9.80 Å². The average molecular weight is 368 g/mol. The quantitative estimate of drug-likeness (QED) is 0.832. The maximum Gasteiger partial charge on any atom is 0.261 e. The molecule has 0 unspecified atom stereocenters. The topological polar surface area (TPSA) is 59.1 Å². The Morgan fingerprint density at radius 3 is 1.74 bits per heavy atom. The molecule has 1 saturated heterocycles. The number of ether oxygens (including phenoxy) is 2. The summed E-state index contributed by atoms with van der Waals surface area (Å²) in [6.45, 7) is 3.92. The Morgan fingerprint density at radius 1 is 0.778 bits per heavy atom. The van der Waals surface area contributed by atoms with E-state index < -0.39 is 0 Å². The minimum atomic E-state index is -0.147. The third-order valence-corrected chi connectivity index (χ3v) is 4.79. The van der Waals surface area contributed by atoms with Crippen LogP contribution in [0.1, 0.15) is 26.3 Å². The molecule has 6 nitrogen and oxygen atoms in total. The van der Waals surface area contributed by atoms with Gasteiger partial charge in [-0.25, -0.2) is 0 Å². The zero-order valence-corrected chi connectivity index (χ0v) is 15.9. The SMILES string of the molecule is COc1cccc(OC)c1C(=O)N1CCN(C(=O)c2ccc(C)cc2)CC1. The van der Waals surface area contributed by atoms with Crippen LogP contribution in [0.15, 0.2) is 42.5 Å². The lowest BCUT2D eigenvalue weighted by Crippen LogP contribution is -2.50. The summed E-state index contributed by atoms with van der Waals surface area (Å²) in [6.07, 6.45) is 0. The highest BCUT2D eigenvalue weighted by atomic mass is 16.5. The van der Waals surface area contributed by atoms with Gasteiger partial charge in [0.05, 0.1) is 14.2 Å². The van der Waals surface area contributed by atoms with E-state index in [1.807, 2.05) is 31.2 Å². The molecule has 142 valence electrons. The maximum atomic E-state index is 13.0. The van der Waals surface area contributed by atoms with E-state index in [0.29, 0.717) is 48.8 Å². The third kappa shape index (κ3) is 3.89. The number of rotatable bonds is 4. The van der Waals surface area contributed by atoms with E-state index in [-0.39, 0.29) is 11.8 Å². The molecule has 0 spiro atoms. The highest BCUT2D eigenvalue weighted by Crippen LogP contribution is 2.30. The highest BCUT2D eigenvalue weighted by molar-refractivity contribution is 6.00. The van der Waals surface area contributed by atoms with Gasteiger partial charge in [-0.05, 0) is 31.2 Å². The number of carbonyl (C=O) groups is 2. The van der Waals surface area contributed by atoms with Crippen LogP contribution in [-0.2, 0) is 0 Å². The molecule has 0 N–H and O–H groups in total. The van der Waals surface area contributed by atoms with E-state index in [1.54, 1.807) is 28.0 Å². The summed E-state index contributed by atoms with van der Waals surface area (Å²) in [5, 5.41) is 0. The van der Waals surface area contributed by atoms with Crippen molar-refractivity contribution in [1.29, 1.82) is 0 Å². The standard InChI is InChI=1S/C21H24N2O4/c1-15-7-9-16(10-8-15)20(24)22-11-13-23(14-12-22)21(25)19-17(26-2)5-4-6-18(19)27-3/h4-10H,11-14H2,1-3H3. The predicted molar refractivity (Wildman–Crippen MR) is 103 cm³/mol. The van der Waals surface area contributed by atoms with Crippen molar-refractivity contribution in [2.45, 2.75) is 6.92 Å². The largest absolute Gasteiger partial charge is 0.496 e. The first kappa shape index (κ1) is 18.8. The van der Waals surface area contributed by atoms with Crippen molar-refractivity contribution in [2.75, 3.05) is 40.4 Å². The van der Waals surface area contributed by atoms with Crippen LogP contribution in [0.4, 0.5) is 0 Å². The van der Waals surface area contributed by atoms with E-state index in [4.69, 9.17) is 9.47 Å². The Morgan fingerprint density at radius 2 is 1.26 bits per heavy atom. The number of carbonyl (C=O) groups excluding carboxylic acids is 2. The van der Waals surface area contributed by atoms with Crippen LogP contribution in [0.2, 0.25) is 0 Å². The summed E-state index contributed by atoms with van der Waals surface area (Å²) in [5.74, 6) is 0.818. The number of nitrogens with zero attached hydrogens (tertiary/aromatic N) is 2. The molecular formula is C21H24N2O4. The van der Waals surface area contributed by atoms with Gasteiger partial charge in [0.2, 0.25) is 0 Å². The molecule has 2 amide bonds. The summed E-state index contributed by atoms with van der Waals surface area (Å²) in [6, 6.07) is 12.8. The van der Waals surface area contributed by atoms with E-state index in [1.165, 1.54) is 14.2 Å². The number of amides is 2. The zero-order chi connectivity index (χ0) is 19.4. The molecule has 2 aromatic carbocycles. The van der Waals surface area contributed by atoms with Gasteiger partial charge in [0.1, 0.15) is 17.1 Å². The Hall–Kier alpha value is -3.02. The van der Waals surface area contributed by atoms with E-state index >= 15 is 0 Å². The van der Waals surface area contributed by atoms with E-state index in [2.05, 4.69) is 0 Å². The van der Waals surface area contributed by atoms with Crippen LogP contribution < -0.4 is 9.47 Å². The fourth-order valence-corrected chi connectivity index (χ4v) is 3.21. The summed E-state index contributed by atoms with van der Waals surface area (Å²) in [5.41, 5.74) is 2.21. The van der Waals surface area contributed by atoms with Crippen molar-refractivity contribution in [2.24, 2.45) is 0 Å². The molecule has 0 aromatic heterocycles. The second-order valence-corrected chi connectivity index (χ2v) is 6.49. The molecule has 27 heavy (non-hydrogen) atoms. The number of methoxy groups -OCH3 is 2. The van der Waals surface area contributed by atoms with Gasteiger partial charge in [-0.2, -0.15) is 0 Å². The fraction of sp³-hybridized carbons (Fsp3) is 0.333. The lowest BCUT2D eigenvalue weighted by atomic mass is 10.1. The monoisotopic (exact) mass is 368 g/mol. The molecule has 0 aliphatic carbocycles. The van der Waals surface area contributed by atoms with Crippen LogP contribution in [-0.4, -0.2) is 62.0 Å². The summed E-state index contributed by atoms with van der Waals surface area (Å²) >= 11 is 0. The fourth-order valence-electron chi connectivity index (χ4n) is 3.21. The number of aryl methyl sites for hydroxylation is 1. The normalized spacial score (nSPS) is 14.0. The van der Waals surface area contributed by atoms with E-state index in [9.17, 15) is 9.59 Å². The third-order valence-electron chi connectivity index (χ3n) is 4.79. The van der Waals surface area contributed by atoms with E-state index in [0.717, 1.165) is 5.56 Å². The molecule has 1 fully saturated rings. The average Bonchev–Trinajstić information content (AvgIpc) is 2.72. The van der Waals surface area contributed by atoms with Crippen LogP contribution in [0, 0.1) is 6.92 Å². The number of piperazine rings is 1. The van der Waals surface area contributed by atoms with Gasteiger partial charge < -0.3 is 19.3 Å². The van der Waals surface area contributed by atoms with Gasteiger partial charge in [-0.1, -0.05) is 23.8 Å². The van der Waals surface area contributed by atoms with Gasteiger partial charge in [-0.15, -0.1) is 0 Å². The molecular weight excluding hydrogens is 344 g/mol. The van der Waals surface area contributed by atoms with Crippen molar-refractivity contribution in [3.8, 4) is 11.5 Å². The molecule has 0 saturated carbocycles. The summed E-state index contributed by atoms with van der Waals surface area (Å²) in [4.78, 5) is 29.2. The highest BCUT2D eigenvalue weighted by Gasteiger charge is 2.28. The number of hydrogen-bond donors (Lipinski definition) is 0. The minimum absolute atomic E-state index is 0.00280. The van der Waals surface area contributed by atoms with Crippen molar-refractivity contribution < 1.29 is 19.1 Å². The van der Waals surface area contributed by atoms with Gasteiger partial charge in [-0.3, -0.25) is 9.59 Å². The lowest BCUT2D eigenvalue weighted by Gasteiger charge is -2.35. The van der Waals surface area contributed by atoms with Crippen LogP contribution in [0.5, 0.6) is 11.5 Å². The Kier molecular flexibility index (Phi) is 5.64. The molecule has 1 heterocycles. The first-order valence-corrected chi connectivity index (χ1v) is 8.91. The number of benzene rings is 2. The molecule has 1 aliphatic rings. The maximum absolute atomic E-state index is 13.0. The van der Waals surface area contributed by atoms with Gasteiger partial charge in [0.25, 0.3) is 11.8 Å². The summed E-state index contributed by atoms with van der Waals surface area (Å²) < 4.78 is 10.7. The molecule has 0 radical (unpaired) electrons. The molecule has 6 heteroatoms. The van der Waals surface area contributed by atoms with Gasteiger partial charge in [0.15, 0.2) is 0 Å². The molecule has 2 aromatic rings. The molecule has 0 bridgehead atoms. The van der Waals surface area contributed by atoms with Gasteiger partial charge in [0, 0.05) is 31.7 Å². The first-order valence-electron chi connectivity index (χ1n) is 8.91. The predicted octanol–water partition coefficient (Wildman–Crippen LogP) is 2.61. The lowest BCUT2D eigenvalue weighted by molar-refractivity contribution is 0.0531. The smallest absolute Gasteiger partial charge is 0.261 e. The Labute approximate surface area is 159 Å². The minimum Gasteiger partial charge on any atom is -0.496 e. The van der Waals surface area contributed by atoms with Gasteiger partial charge >= 0.3 is 0 Å². The molecule has 1 aliphatic heterocycles. The van der Waals surface area contributed by atoms with Crippen LogP contribution >= 0.6 is 0 Å². The zero-order valence-electron chi connectivity index (χ0n) is 15.9. The Bertz CT molecular complexity index is 802. The van der Waals surface area contributed by atoms with Crippen LogP contribution in [0.3, 0.4) is 0 Å². The molecule has 0 atom stereocenters. The van der Waals surface area contributed by atoms with Crippen LogP contribution in [0.25, 0.3) is 0 Å². The second-order valence-electron chi connectivity index (χ2n) is 6.49. The van der Waals surface area contributed by atoms with Crippen molar-refractivity contribution in [3.63, 3.8) is 0 Å².